The molecule has 1 unspecified atom stereocenters. The van der Waals surface area contributed by atoms with Crippen LogP contribution < -0.4 is 5.32 Å². The molecule has 0 radical (unpaired) electrons. The zero-order valence-electron chi connectivity index (χ0n) is 10.6. The lowest BCUT2D eigenvalue weighted by Gasteiger charge is -2.21. The molecule has 3 nitrogen and oxygen atoms in total. The third-order valence-electron chi connectivity index (χ3n) is 3.32. The maximum atomic E-state index is 5.81. The molecule has 1 aromatic carbocycles. The predicted octanol–water partition coefficient (Wildman–Crippen LogP) is 2.64. The minimum absolute atomic E-state index is 0.502. The van der Waals surface area contributed by atoms with E-state index in [1.165, 1.54) is 11.3 Å². The maximum absolute atomic E-state index is 5.81. The Hall–Kier alpha value is -1.00. The fourth-order valence-electron chi connectivity index (χ4n) is 2.29. The highest BCUT2D eigenvalue weighted by Crippen LogP contribution is 2.19. The Kier molecular flexibility index (Phi) is 3.57. The number of aryl methyl sites for hydroxylation is 1. The highest BCUT2D eigenvalue weighted by molar-refractivity contribution is 7.99. The van der Waals surface area contributed by atoms with Crippen LogP contribution in [0.4, 0.5) is 0 Å². The second-order valence-corrected chi connectivity index (χ2v) is 5.84. The molecule has 18 heavy (non-hydrogen) atoms. The number of benzene rings is 1. The minimum atomic E-state index is 0.502. The van der Waals surface area contributed by atoms with Gasteiger partial charge in [-0.05, 0) is 24.1 Å². The topological polar surface area (TPSA) is 38.1 Å². The van der Waals surface area contributed by atoms with E-state index in [0.717, 1.165) is 42.1 Å². The Morgan fingerprint density at radius 1 is 1.50 bits per heavy atom. The van der Waals surface area contributed by atoms with Crippen molar-refractivity contribution in [3.63, 3.8) is 0 Å². The van der Waals surface area contributed by atoms with E-state index in [1.807, 2.05) is 17.8 Å². The average molecular weight is 262 g/mol. The molecule has 1 saturated heterocycles. The van der Waals surface area contributed by atoms with Crippen molar-refractivity contribution in [2.75, 3.05) is 18.1 Å². The summed E-state index contributed by atoms with van der Waals surface area (Å²) >= 11 is 2.00. The van der Waals surface area contributed by atoms with Crippen molar-refractivity contribution in [3.05, 3.63) is 29.7 Å². The van der Waals surface area contributed by atoms with Crippen LogP contribution >= 0.6 is 11.8 Å². The van der Waals surface area contributed by atoms with Crippen LogP contribution in [0, 0.1) is 0 Å². The number of nitrogens with zero attached hydrogens (tertiary/aromatic N) is 1. The van der Waals surface area contributed by atoms with E-state index >= 15 is 0 Å². The molecule has 1 aromatic heterocycles. The van der Waals surface area contributed by atoms with Crippen molar-refractivity contribution in [3.8, 4) is 0 Å². The van der Waals surface area contributed by atoms with Crippen molar-refractivity contribution in [1.82, 2.24) is 10.3 Å². The van der Waals surface area contributed by atoms with Gasteiger partial charge in [-0.2, -0.15) is 11.8 Å². The lowest BCUT2D eigenvalue weighted by atomic mass is 10.1. The van der Waals surface area contributed by atoms with Crippen molar-refractivity contribution in [2.24, 2.45) is 0 Å². The Balaban J connectivity index is 1.79. The molecule has 1 N–H and O–H groups in total. The minimum Gasteiger partial charge on any atom is -0.441 e. The molecule has 96 valence electrons. The largest absolute Gasteiger partial charge is 0.441 e. The molecule has 0 aliphatic carbocycles. The summed E-state index contributed by atoms with van der Waals surface area (Å²) in [5, 5.41) is 3.51. The van der Waals surface area contributed by atoms with Crippen LogP contribution in [0.3, 0.4) is 0 Å². The van der Waals surface area contributed by atoms with Gasteiger partial charge in [0.05, 0.1) is 0 Å². The highest BCUT2D eigenvalue weighted by atomic mass is 32.2. The normalized spacial score (nSPS) is 20.4. The van der Waals surface area contributed by atoms with E-state index in [-0.39, 0.29) is 0 Å². The fraction of sp³-hybridized carbons (Fsp3) is 0.500. The summed E-state index contributed by atoms with van der Waals surface area (Å²) in [6.07, 6.45) is 1.93. The van der Waals surface area contributed by atoms with Crippen LogP contribution in [0.5, 0.6) is 0 Å². The van der Waals surface area contributed by atoms with Gasteiger partial charge in [-0.1, -0.05) is 13.0 Å². The zero-order chi connectivity index (χ0) is 12.4. The van der Waals surface area contributed by atoms with Crippen LogP contribution in [0.15, 0.2) is 22.6 Å². The van der Waals surface area contributed by atoms with E-state index < -0.39 is 0 Å². The van der Waals surface area contributed by atoms with Crippen molar-refractivity contribution in [1.29, 1.82) is 0 Å². The molecule has 0 saturated carbocycles. The van der Waals surface area contributed by atoms with Crippen LogP contribution in [-0.2, 0) is 12.8 Å². The van der Waals surface area contributed by atoms with Crippen molar-refractivity contribution < 1.29 is 4.42 Å². The van der Waals surface area contributed by atoms with Gasteiger partial charge < -0.3 is 9.73 Å². The van der Waals surface area contributed by atoms with E-state index in [1.54, 1.807) is 0 Å². The number of nitrogens with one attached hydrogen (secondary N) is 1. The lowest BCUT2D eigenvalue weighted by molar-refractivity contribution is 0.469. The Labute approximate surface area is 111 Å². The SMILES string of the molecule is CCc1ccc2oc(CC3CSCCN3)nc2c1. The molecule has 1 fully saturated rings. The smallest absolute Gasteiger partial charge is 0.197 e. The summed E-state index contributed by atoms with van der Waals surface area (Å²) in [6.45, 7) is 3.25. The number of rotatable bonds is 3. The summed E-state index contributed by atoms with van der Waals surface area (Å²) in [5.41, 5.74) is 3.21. The third kappa shape index (κ3) is 2.54. The van der Waals surface area contributed by atoms with Gasteiger partial charge in [-0.25, -0.2) is 4.98 Å². The summed E-state index contributed by atoms with van der Waals surface area (Å²) < 4.78 is 5.81. The predicted molar refractivity (Wildman–Crippen MR) is 76.2 cm³/mol. The number of aromatic nitrogens is 1. The van der Waals surface area contributed by atoms with Gasteiger partial charge in [0.1, 0.15) is 5.52 Å². The van der Waals surface area contributed by atoms with E-state index in [0.29, 0.717) is 6.04 Å². The monoisotopic (exact) mass is 262 g/mol. The lowest BCUT2D eigenvalue weighted by Crippen LogP contribution is -2.38. The summed E-state index contributed by atoms with van der Waals surface area (Å²) in [5.74, 6) is 3.22. The van der Waals surface area contributed by atoms with Gasteiger partial charge >= 0.3 is 0 Å². The van der Waals surface area contributed by atoms with Crippen molar-refractivity contribution >= 4 is 22.9 Å². The first-order valence-corrected chi connectivity index (χ1v) is 7.70. The first-order valence-electron chi connectivity index (χ1n) is 6.54. The van der Waals surface area contributed by atoms with Crippen LogP contribution in [0.25, 0.3) is 11.1 Å². The zero-order valence-corrected chi connectivity index (χ0v) is 11.4. The Bertz CT molecular complexity index is 532. The van der Waals surface area contributed by atoms with Gasteiger partial charge in [0.25, 0.3) is 0 Å². The second-order valence-electron chi connectivity index (χ2n) is 4.69. The first-order chi connectivity index (χ1) is 8.85. The maximum Gasteiger partial charge on any atom is 0.197 e. The fourth-order valence-corrected chi connectivity index (χ4v) is 3.24. The molecule has 0 spiro atoms. The second kappa shape index (κ2) is 5.33. The molecule has 3 rings (SSSR count). The summed E-state index contributed by atoms with van der Waals surface area (Å²) in [6, 6.07) is 6.79. The first kappa shape index (κ1) is 12.1. The average Bonchev–Trinajstić information content (AvgIpc) is 2.80. The van der Waals surface area contributed by atoms with E-state index in [9.17, 15) is 0 Å². The number of fused-ring (bicyclic) bond motifs is 1. The molecule has 2 heterocycles. The van der Waals surface area contributed by atoms with Gasteiger partial charge in [0, 0.05) is 30.5 Å². The van der Waals surface area contributed by atoms with Crippen LogP contribution in [-0.4, -0.2) is 29.1 Å². The number of hydrogen-bond donors (Lipinski definition) is 1. The molecule has 0 bridgehead atoms. The summed E-state index contributed by atoms with van der Waals surface area (Å²) in [7, 11) is 0. The highest BCUT2D eigenvalue weighted by Gasteiger charge is 2.16. The quantitative estimate of drug-likeness (QED) is 0.923. The molecular weight excluding hydrogens is 244 g/mol. The molecular formula is C14H18N2OS. The third-order valence-corrected chi connectivity index (χ3v) is 4.45. The number of hydrogen-bond acceptors (Lipinski definition) is 4. The molecule has 1 aliphatic rings. The molecule has 0 amide bonds. The van der Waals surface area contributed by atoms with E-state index in [4.69, 9.17) is 4.42 Å². The van der Waals surface area contributed by atoms with Crippen molar-refractivity contribution in [2.45, 2.75) is 25.8 Å². The standard InChI is InChI=1S/C14H18N2OS/c1-2-10-3-4-13-12(7-10)16-14(17-13)8-11-9-18-6-5-15-11/h3-4,7,11,15H,2,5-6,8-9H2,1H3. The number of thioether (sulfide) groups is 1. The van der Waals surface area contributed by atoms with Gasteiger partial charge in [-0.15, -0.1) is 0 Å². The molecule has 2 aromatic rings. The van der Waals surface area contributed by atoms with Gasteiger partial charge in [0.15, 0.2) is 11.5 Å². The Morgan fingerprint density at radius 3 is 3.22 bits per heavy atom. The molecule has 4 heteroatoms. The Morgan fingerprint density at radius 2 is 2.44 bits per heavy atom. The van der Waals surface area contributed by atoms with Crippen LogP contribution in [0.2, 0.25) is 0 Å². The van der Waals surface area contributed by atoms with E-state index in [2.05, 4.69) is 29.4 Å². The molecule has 1 atom stereocenters. The van der Waals surface area contributed by atoms with Gasteiger partial charge in [0.2, 0.25) is 0 Å². The summed E-state index contributed by atoms with van der Waals surface area (Å²) in [4.78, 5) is 4.60. The van der Waals surface area contributed by atoms with Gasteiger partial charge in [-0.3, -0.25) is 0 Å². The van der Waals surface area contributed by atoms with Crippen LogP contribution in [0.1, 0.15) is 18.4 Å². The number of oxazole rings is 1. The molecule has 1 aliphatic heterocycles.